The van der Waals surface area contributed by atoms with Crippen molar-refractivity contribution in [3.8, 4) is 11.4 Å². The molecule has 0 spiro atoms. The number of hydrogen-bond donors (Lipinski definition) is 0. The predicted octanol–water partition coefficient (Wildman–Crippen LogP) is 4.38. The predicted molar refractivity (Wildman–Crippen MR) is 125 cm³/mol. The van der Waals surface area contributed by atoms with Crippen LogP contribution >= 0.6 is 0 Å². The van der Waals surface area contributed by atoms with Gasteiger partial charge in [-0.2, -0.15) is 4.98 Å². The molecule has 2 amide bonds. The number of anilines is 1. The topological polar surface area (TPSA) is 79.5 Å². The third-order valence-electron chi connectivity index (χ3n) is 6.82. The lowest BCUT2D eigenvalue weighted by Crippen LogP contribution is -2.37. The van der Waals surface area contributed by atoms with E-state index in [1.54, 1.807) is 4.90 Å². The first-order chi connectivity index (χ1) is 15.9. The lowest BCUT2D eigenvalue weighted by Gasteiger charge is -2.25. The summed E-state index contributed by atoms with van der Waals surface area (Å²) in [4.78, 5) is 34.4. The Balaban J connectivity index is 1.32. The minimum Gasteiger partial charge on any atom is -0.337 e. The molecule has 5 rings (SSSR count). The number of rotatable bonds is 4. The highest BCUT2D eigenvalue weighted by Gasteiger charge is 2.42. The summed E-state index contributed by atoms with van der Waals surface area (Å²) in [6.45, 7) is 7.15. The summed E-state index contributed by atoms with van der Waals surface area (Å²) in [6.07, 6.45) is 1.89. The first-order valence-electron chi connectivity index (χ1n) is 11.5. The molecule has 2 unspecified atom stereocenters. The van der Waals surface area contributed by atoms with Gasteiger partial charge in [-0.3, -0.25) is 9.59 Å². The average molecular weight is 445 g/mol. The molecular formula is C26H28N4O3. The highest BCUT2D eigenvalue weighted by molar-refractivity contribution is 6.00. The fourth-order valence-corrected chi connectivity index (χ4v) is 4.81. The zero-order chi connectivity index (χ0) is 23.1. The number of nitrogens with zero attached hydrogens (tertiary/aromatic N) is 4. The Hall–Kier alpha value is -3.48. The van der Waals surface area contributed by atoms with Gasteiger partial charge in [-0.05, 0) is 62.9 Å². The molecule has 0 radical (unpaired) electrons. The van der Waals surface area contributed by atoms with Crippen molar-refractivity contribution >= 4 is 17.5 Å². The molecule has 2 aromatic carbocycles. The Morgan fingerprint density at radius 3 is 2.73 bits per heavy atom. The standard InChI is InChI=1S/C26H28N4O3/c1-16-6-4-7-19(12-16)24-27-25(33-28-24)22-8-5-11-29(22)26(32)20-14-23(31)30(15-20)21-10-9-17(2)18(3)13-21/h4,6-7,9-10,12-13,20,22H,5,8,11,14-15H2,1-3H3. The molecular weight excluding hydrogens is 416 g/mol. The van der Waals surface area contributed by atoms with E-state index in [-0.39, 0.29) is 30.2 Å². The average Bonchev–Trinajstić information content (AvgIpc) is 3.54. The molecule has 2 saturated heterocycles. The minimum atomic E-state index is -0.362. The van der Waals surface area contributed by atoms with E-state index < -0.39 is 0 Å². The van der Waals surface area contributed by atoms with Gasteiger partial charge < -0.3 is 14.3 Å². The molecule has 7 heteroatoms. The molecule has 2 aliphatic rings. The van der Waals surface area contributed by atoms with Crippen molar-refractivity contribution in [3.63, 3.8) is 0 Å². The Bertz CT molecular complexity index is 1220. The van der Waals surface area contributed by atoms with Crippen LogP contribution in [0.25, 0.3) is 11.4 Å². The smallest absolute Gasteiger partial charge is 0.249 e. The molecule has 33 heavy (non-hydrogen) atoms. The first kappa shape index (κ1) is 21.4. The van der Waals surface area contributed by atoms with Gasteiger partial charge >= 0.3 is 0 Å². The third kappa shape index (κ3) is 4.03. The van der Waals surface area contributed by atoms with Crippen molar-refractivity contribution in [2.24, 2.45) is 5.92 Å². The van der Waals surface area contributed by atoms with Crippen molar-refractivity contribution < 1.29 is 14.1 Å². The second kappa shape index (κ2) is 8.46. The van der Waals surface area contributed by atoms with Crippen LogP contribution in [-0.2, 0) is 9.59 Å². The molecule has 2 fully saturated rings. The van der Waals surface area contributed by atoms with Crippen LogP contribution in [-0.4, -0.2) is 39.9 Å². The summed E-state index contributed by atoms with van der Waals surface area (Å²) in [7, 11) is 0. The van der Waals surface area contributed by atoms with E-state index >= 15 is 0 Å². The maximum Gasteiger partial charge on any atom is 0.249 e. The van der Waals surface area contributed by atoms with Crippen molar-refractivity contribution in [2.45, 2.75) is 46.1 Å². The summed E-state index contributed by atoms with van der Waals surface area (Å²) in [5.74, 6) is 0.621. The molecule has 3 aromatic rings. The van der Waals surface area contributed by atoms with Crippen LogP contribution in [0.3, 0.4) is 0 Å². The lowest BCUT2D eigenvalue weighted by molar-refractivity contribution is -0.137. The number of carbonyl (C=O) groups is 2. The molecule has 7 nitrogen and oxygen atoms in total. The number of likely N-dealkylation sites (tertiary alicyclic amines) is 1. The largest absolute Gasteiger partial charge is 0.337 e. The van der Waals surface area contributed by atoms with Gasteiger partial charge in [0.05, 0.1) is 5.92 Å². The highest BCUT2D eigenvalue weighted by atomic mass is 16.5. The fourth-order valence-electron chi connectivity index (χ4n) is 4.81. The number of hydrogen-bond acceptors (Lipinski definition) is 5. The Morgan fingerprint density at radius 2 is 1.94 bits per heavy atom. The molecule has 170 valence electrons. The number of aryl methyl sites for hydroxylation is 3. The van der Waals surface area contributed by atoms with Gasteiger partial charge in [-0.15, -0.1) is 0 Å². The van der Waals surface area contributed by atoms with E-state index in [1.165, 1.54) is 5.56 Å². The summed E-state index contributed by atoms with van der Waals surface area (Å²) >= 11 is 0. The van der Waals surface area contributed by atoms with Gasteiger partial charge in [0.2, 0.25) is 23.5 Å². The maximum absolute atomic E-state index is 13.5. The van der Waals surface area contributed by atoms with Crippen LogP contribution in [0.2, 0.25) is 0 Å². The van der Waals surface area contributed by atoms with Gasteiger partial charge in [-0.1, -0.05) is 35.0 Å². The monoisotopic (exact) mass is 444 g/mol. The van der Waals surface area contributed by atoms with E-state index in [2.05, 4.69) is 10.1 Å². The zero-order valence-corrected chi connectivity index (χ0v) is 19.2. The van der Waals surface area contributed by atoms with Crippen LogP contribution < -0.4 is 4.90 Å². The summed E-state index contributed by atoms with van der Waals surface area (Å²) in [5.41, 5.74) is 5.19. The summed E-state index contributed by atoms with van der Waals surface area (Å²) < 4.78 is 5.59. The second-order valence-electron chi connectivity index (χ2n) is 9.19. The van der Waals surface area contributed by atoms with Crippen LogP contribution in [0.1, 0.15) is 47.9 Å². The van der Waals surface area contributed by atoms with E-state index in [9.17, 15) is 9.59 Å². The number of aromatic nitrogens is 2. The van der Waals surface area contributed by atoms with Crippen molar-refractivity contribution in [3.05, 3.63) is 65.0 Å². The Morgan fingerprint density at radius 1 is 1.09 bits per heavy atom. The number of carbonyl (C=O) groups excluding carboxylic acids is 2. The minimum absolute atomic E-state index is 0.00695. The highest BCUT2D eigenvalue weighted by Crippen LogP contribution is 2.35. The number of benzene rings is 2. The van der Waals surface area contributed by atoms with Crippen LogP contribution in [0.5, 0.6) is 0 Å². The molecule has 1 aromatic heterocycles. The van der Waals surface area contributed by atoms with Gasteiger partial charge in [0.1, 0.15) is 6.04 Å². The molecule has 2 atom stereocenters. The van der Waals surface area contributed by atoms with E-state index in [0.29, 0.717) is 24.8 Å². The lowest BCUT2D eigenvalue weighted by atomic mass is 10.1. The first-order valence-corrected chi connectivity index (χ1v) is 11.5. The van der Waals surface area contributed by atoms with Crippen molar-refractivity contribution in [2.75, 3.05) is 18.0 Å². The van der Waals surface area contributed by atoms with Gasteiger partial charge in [-0.25, -0.2) is 0 Å². The quantitative estimate of drug-likeness (QED) is 0.597. The van der Waals surface area contributed by atoms with E-state index in [4.69, 9.17) is 4.52 Å². The van der Waals surface area contributed by atoms with E-state index in [1.807, 2.05) is 68.1 Å². The molecule has 0 aliphatic carbocycles. The molecule has 3 heterocycles. The van der Waals surface area contributed by atoms with Crippen LogP contribution in [0.4, 0.5) is 5.69 Å². The fraction of sp³-hybridized carbons (Fsp3) is 0.385. The SMILES string of the molecule is Cc1cccc(-c2noc(C3CCCN3C(=O)C3CC(=O)N(c4ccc(C)c(C)c4)C3)n2)c1. The van der Waals surface area contributed by atoms with Gasteiger partial charge in [0, 0.05) is 30.8 Å². The summed E-state index contributed by atoms with van der Waals surface area (Å²) in [6, 6.07) is 13.7. The normalized spacial score (nSPS) is 20.6. The molecule has 0 saturated carbocycles. The third-order valence-corrected chi connectivity index (χ3v) is 6.82. The van der Waals surface area contributed by atoms with Gasteiger partial charge in [0.15, 0.2) is 0 Å². The molecule has 2 aliphatic heterocycles. The van der Waals surface area contributed by atoms with Gasteiger partial charge in [0.25, 0.3) is 0 Å². The zero-order valence-electron chi connectivity index (χ0n) is 19.2. The maximum atomic E-state index is 13.5. The summed E-state index contributed by atoms with van der Waals surface area (Å²) in [5, 5.41) is 4.16. The Kier molecular flexibility index (Phi) is 5.48. The second-order valence-corrected chi connectivity index (χ2v) is 9.19. The molecule has 0 bridgehead atoms. The van der Waals surface area contributed by atoms with E-state index in [0.717, 1.165) is 35.2 Å². The Labute approximate surface area is 193 Å². The van der Waals surface area contributed by atoms with Crippen LogP contribution in [0, 0.1) is 26.7 Å². The van der Waals surface area contributed by atoms with Crippen molar-refractivity contribution in [1.82, 2.24) is 15.0 Å². The van der Waals surface area contributed by atoms with Crippen molar-refractivity contribution in [1.29, 1.82) is 0 Å². The molecule has 0 N–H and O–H groups in total. The number of amides is 2. The van der Waals surface area contributed by atoms with Crippen LogP contribution in [0.15, 0.2) is 47.0 Å².